The molecule has 312 valence electrons. The fourth-order valence-electron chi connectivity index (χ4n) is 6.43. The molecule has 2 aromatic heterocycles. The van der Waals surface area contributed by atoms with Crippen molar-refractivity contribution in [1.29, 1.82) is 15.8 Å². The van der Waals surface area contributed by atoms with Gasteiger partial charge in [0.25, 0.3) is 5.91 Å². The molecule has 0 aliphatic heterocycles. The summed E-state index contributed by atoms with van der Waals surface area (Å²) in [5, 5.41) is 39.3. The summed E-state index contributed by atoms with van der Waals surface area (Å²) < 4.78 is 11.7. The Kier molecular flexibility index (Phi) is 14.4. The average molecular weight is 835 g/mol. The number of nitrogens with one attached hydrogen (secondary N) is 1. The lowest BCUT2D eigenvalue weighted by Gasteiger charge is -2.16. The number of pyridine rings is 2. The first-order valence-electron chi connectivity index (χ1n) is 20.0. The van der Waals surface area contributed by atoms with Crippen LogP contribution in [0.15, 0.2) is 109 Å². The van der Waals surface area contributed by atoms with Gasteiger partial charge in [0.15, 0.2) is 17.2 Å². The van der Waals surface area contributed by atoms with Crippen molar-refractivity contribution in [1.82, 2.24) is 9.97 Å². The maximum Gasteiger partial charge on any atom is 0.339 e. The highest BCUT2D eigenvalue weighted by molar-refractivity contribution is 6.06. The smallest absolute Gasteiger partial charge is 0.339 e. The molecule has 2 aliphatic rings. The van der Waals surface area contributed by atoms with E-state index in [1.165, 1.54) is 0 Å². The van der Waals surface area contributed by atoms with Crippen LogP contribution in [0.4, 0.5) is 17.1 Å². The van der Waals surface area contributed by atoms with Crippen molar-refractivity contribution in [3.8, 4) is 29.7 Å². The van der Waals surface area contributed by atoms with Crippen molar-refractivity contribution in [2.24, 2.45) is 0 Å². The fourth-order valence-corrected chi connectivity index (χ4v) is 6.43. The Morgan fingerprint density at radius 1 is 0.714 bits per heavy atom. The van der Waals surface area contributed by atoms with E-state index >= 15 is 0 Å². The molecule has 2 heterocycles. The number of carboxylic acid groups (broad SMARTS) is 1. The third-order valence-corrected chi connectivity index (χ3v) is 9.94. The fraction of sp³-hybridized carbons (Fsp3) is 0.200. The van der Waals surface area contributed by atoms with Gasteiger partial charge in [-0.05, 0) is 123 Å². The number of aromatic nitrogens is 2. The van der Waals surface area contributed by atoms with Crippen LogP contribution >= 0.6 is 0 Å². The standard InChI is InChI=1S/C25H20N4O2.C18H16N2O3.C7H6N2/c1-16-24(31-15-19-4-2-3-18(11-19)14-27)22(12-23(28-16)20-7-8-20)25(30)29-21-9-5-17(13-26)6-10-21;1-11-17(23-10-13-4-2-3-12(7-13)9-19)15(18(21)22)8-16(20-11)14-5-6-14;1-9-7-4-2-3-6(8)5-7/h2-6,9-12,20H,7-8,15H2,1H3,(H,29,30);2-4,7-8,14H,5-6,10H2,1H3,(H,21,22);2-5H,8H2. The van der Waals surface area contributed by atoms with Crippen LogP contribution in [-0.4, -0.2) is 27.0 Å². The van der Waals surface area contributed by atoms with Gasteiger partial charge < -0.3 is 25.6 Å². The summed E-state index contributed by atoms with van der Waals surface area (Å²) in [5.74, 6) is 0.188. The maximum absolute atomic E-state index is 13.1. The van der Waals surface area contributed by atoms with E-state index < -0.39 is 5.97 Å². The number of aromatic carboxylic acids is 1. The first-order chi connectivity index (χ1) is 30.5. The summed E-state index contributed by atoms with van der Waals surface area (Å²) in [6.07, 6.45) is 4.27. The largest absolute Gasteiger partial charge is 0.486 e. The minimum Gasteiger partial charge on any atom is -0.486 e. The topological polar surface area (TPSA) is 212 Å². The quantitative estimate of drug-likeness (QED) is 0.0825. The van der Waals surface area contributed by atoms with Crippen LogP contribution in [-0.2, 0) is 13.2 Å². The summed E-state index contributed by atoms with van der Waals surface area (Å²) in [7, 11) is 0. The van der Waals surface area contributed by atoms with Crippen molar-refractivity contribution >= 4 is 28.9 Å². The van der Waals surface area contributed by atoms with Crippen LogP contribution in [0.1, 0.15) is 109 Å². The van der Waals surface area contributed by atoms with Gasteiger partial charge in [0.2, 0.25) is 0 Å². The molecule has 0 saturated heterocycles. The molecular weight excluding hydrogens is 793 g/mol. The number of aryl methyl sites for hydroxylation is 2. The summed E-state index contributed by atoms with van der Waals surface area (Å²) in [5.41, 5.74) is 14.0. The highest BCUT2D eigenvalue weighted by atomic mass is 16.5. The van der Waals surface area contributed by atoms with Crippen molar-refractivity contribution < 1.29 is 24.2 Å². The van der Waals surface area contributed by atoms with Crippen LogP contribution in [0.3, 0.4) is 0 Å². The number of nitrogens with zero attached hydrogens (tertiary/aromatic N) is 6. The molecule has 4 N–H and O–H groups in total. The number of carboxylic acids is 1. The summed E-state index contributed by atoms with van der Waals surface area (Å²) >= 11 is 0. The number of hydrogen-bond donors (Lipinski definition) is 3. The number of nitriles is 3. The van der Waals surface area contributed by atoms with E-state index in [9.17, 15) is 14.7 Å². The molecule has 8 rings (SSSR count). The van der Waals surface area contributed by atoms with E-state index in [1.807, 2.05) is 25.1 Å². The molecule has 2 saturated carbocycles. The number of carbonyl (C=O) groups is 2. The number of rotatable bonds is 11. The van der Waals surface area contributed by atoms with Crippen LogP contribution in [0.25, 0.3) is 4.85 Å². The molecular formula is C50H42N8O5. The maximum atomic E-state index is 13.1. The van der Waals surface area contributed by atoms with Gasteiger partial charge in [-0.3, -0.25) is 14.8 Å². The van der Waals surface area contributed by atoms with Gasteiger partial charge >= 0.3 is 5.97 Å². The highest BCUT2D eigenvalue weighted by Gasteiger charge is 2.29. The predicted octanol–water partition coefficient (Wildman–Crippen LogP) is 10.1. The Hall–Kier alpha value is -8.52. The lowest BCUT2D eigenvalue weighted by atomic mass is 10.1. The lowest BCUT2D eigenvalue weighted by Crippen LogP contribution is -2.16. The molecule has 13 nitrogen and oxygen atoms in total. The summed E-state index contributed by atoms with van der Waals surface area (Å²) in [6, 6.07) is 37.5. The van der Waals surface area contributed by atoms with E-state index in [-0.39, 0.29) is 24.7 Å². The zero-order chi connectivity index (χ0) is 44.9. The number of nitrogen functional groups attached to an aromatic ring is 1. The van der Waals surface area contributed by atoms with Crippen LogP contribution in [0, 0.1) is 54.4 Å². The number of anilines is 2. The summed E-state index contributed by atoms with van der Waals surface area (Å²) in [6.45, 7) is 10.6. The van der Waals surface area contributed by atoms with Crippen LogP contribution in [0.5, 0.6) is 11.5 Å². The van der Waals surface area contributed by atoms with E-state index in [0.29, 0.717) is 74.0 Å². The second kappa shape index (κ2) is 20.6. The Balaban J connectivity index is 0.000000180. The average Bonchev–Trinajstić information content (AvgIpc) is 4.24. The van der Waals surface area contributed by atoms with E-state index in [1.54, 1.807) is 97.9 Å². The molecule has 0 bridgehead atoms. The number of hydrogen-bond acceptors (Lipinski definition) is 10. The molecule has 63 heavy (non-hydrogen) atoms. The van der Waals surface area contributed by atoms with Crippen molar-refractivity contribution in [3.63, 3.8) is 0 Å². The molecule has 6 aromatic rings. The monoisotopic (exact) mass is 834 g/mol. The minimum absolute atomic E-state index is 0.149. The minimum atomic E-state index is -1.02. The van der Waals surface area contributed by atoms with Crippen molar-refractivity contribution in [3.05, 3.63) is 182 Å². The first kappa shape index (κ1) is 44.0. The molecule has 0 atom stereocenters. The molecule has 4 aromatic carbocycles. The SMILES string of the molecule is Cc1nc(C2CC2)cc(C(=O)Nc2ccc(C#N)cc2)c1OCc1cccc(C#N)c1.Cc1nc(C2CC2)cc(C(=O)O)c1OCc1cccc(C#N)c1.[C-]#[N+]c1cccc(N)c1. The van der Waals surface area contributed by atoms with Crippen LogP contribution in [0.2, 0.25) is 0 Å². The van der Waals surface area contributed by atoms with Crippen molar-refractivity contribution in [2.75, 3.05) is 11.1 Å². The number of carbonyl (C=O) groups excluding carboxylic acids is 1. The molecule has 13 heteroatoms. The normalized spacial score (nSPS) is 12.2. The second-order valence-corrected chi connectivity index (χ2v) is 14.9. The van der Waals surface area contributed by atoms with Gasteiger partial charge in [-0.2, -0.15) is 15.8 Å². The third-order valence-electron chi connectivity index (χ3n) is 9.94. The lowest BCUT2D eigenvalue weighted by molar-refractivity contribution is 0.0690. The predicted molar refractivity (Wildman–Crippen MR) is 236 cm³/mol. The Bertz CT molecular complexity index is 2820. The number of ether oxygens (including phenoxy) is 2. The van der Waals surface area contributed by atoms with Gasteiger partial charge in [-0.15, -0.1) is 0 Å². The van der Waals surface area contributed by atoms with Gasteiger partial charge in [0, 0.05) is 34.6 Å². The Morgan fingerprint density at radius 2 is 1.21 bits per heavy atom. The molecule has 2 fully saturated rings. The first-order valence-corrected chi connectivity index (χ1v) is 20.0. The van der Waals surface area contributed by atoms with Gasteiger partial charge in [-0.25, -0.2) is 9.64 Å². The van der Waals surface area contributed by atoms with E-state index in [4.69, 9.17) is 37.6 Å². The van der Waals surface area contributed by atoms with Gasteiger partial charge in [0.1, 0.15) is 18.8 Å². The Morgan fingerprint density at radius 3 is 1.65 bits per heavy atom. The van der Waals surface area contributed by atoms with Crippen LogP contribution < -0.4 is 20.5 Å². The Labute approximate surface area is 365 Å². The zero-order valence-corrected chi connectivity index (χ0v) is 34.6. The number of amides is 1. The number of benzene rings is 4. The highest BCUT2D eigenvalue weighted by Crippen LogP contribution is 2.42. The van der Waals surface area contributed by atoms with Gasteiger partial charge in [-0.1, -0.05) is 36.4 Å². The molecule has 0 unspecified atom stereocenters. The van der Waals surface area contributed by atoms with E-state index in [2.05, 4.69) is 38.3 Å². The molecule has 0 spiro atoms. The molecule has 2 aliphatic carbocycles. The summed E-state index contributed by atoms with van der Waals surface area (Å²) in [4.78, 5) is 37.0. The molecule has 1 amide bonds. The number of nitrogens with two attached hydrogens (primary N) is 1. The third kappa shape index (κ3) is 12.3. The van der Waals surface area contributed by atoms with E-state index in [0.717, 1.165) is 48.2 Å². The van der Waals surface area contributed by atoms with Gasteiger partial charge in [0.05, 0.1) is 58.4 Å². The molecule has 0 radical (unpaired) electrons. The second-order valence-electron chi connectivity index (χ2n) is 14.9. The zero-order valence-electron chi connectivity index (χ0n) is 34.6. The van der Waals surface area contributed by atoms with Crippen molar-refractivity contribution in [2.45, 2.75) is 64.6 Å².